The van der Waals surface area contributed by atoms with Gasteiger partial charge in [-0.25, -0.2) is 9.80 Å². The number of hydrazone groups is 1. The number of nitro groups is 1. The summed E-state index contributed by atoms with van der Waals surface area (Å²) in [7, 11) is 0. The first kappa shape index (κ1) is 27.4. The Morgan fingerprint density at radius 2 is 1.95 bits per heavy atom. The lowest BCUT2D eigenvalue weighted by atomic mass is 10.0. The highest BCUT2D eigenvalue weighted by Gasteiger charge is 2.36. The molecule has 2 heterocycles. The van der Waals surface area contributed by atoms with Crippen molar-refractivity contribution in [2.24, 2.45) is 5.10 Å². The first-order chi connectivity index (χ1) is 18.4. The molecule has 0 bridgehead atoms. The van der Waals surface area contributed by atoms with Crippen LogP contribution < -0.4 is 5.32 Å². The van der Waals surface area contributed by atoms with Crippen LogP contribution in [0.25, 0.3) is 0 Å². The number of nitrogens with one attached hydrogen (secondary N) is 1. The number of carbonyl (C=O) groups is 2. The topological polar surface area (TPSA) is 127 Å². The van der Waals surface area contributed by atoms with Crippen molar-refractivity contribution in [1.29, 1.82) is 0 Å². The second-order valence-electron chi connectivity index (χ2n) is 8.85. The summed E-state index contributed by atoms with van der Waals surface area (Å²) in [6.07, 6.45) is -2.94. The van der Waals surface area contributed by atoms with Crippen LogP contribution in [-0.4, -0.2) is 40.2 Å². The number of aryl methyl sites for hydroxylation is 1. The van der Waals surface area contributed by atoms with E-state index in [0.717, 1.165) is 17.2 Å². The molecule has 10 nitrogen and oxygen atoms in total. The molecule has 1 amide bonds. The van der Waals surface area contributed by atoms with Gasteiger partial charge in [-0.3, -0.25) is 14.9 Å². The number of hydrogen-bond acceptors (Lipinski definition) is 8. The molecule has 4 rings (SSSR count). The Hall–Kier alpha value is -4.68. The Labute approximate surface area is 220 Å². The SMILES string of the molecule is Cc1ccc(C2=NN(C(=O)COC(=O)[C@@H](C)Nc3ccc(C(F)(F)F)cc3[N+](=O)[O-])[C@@H](c3ccco3)C2)cc1. The highest BCUT2D eigenvalue weighted by molar-refractivity contribution is 6.03. The molecule has 0 aliphatic carbocycles. The third kappa shape index (κ3) is 6.25. The largest absolute Gasteiger partial charge is 0.467 e. The Kier molecular flexibility index (Phi) is 7.70. The molecule has 0 fully saturated rings. The molecule has 0 spiro atoms. The van der Waals surface area contributed by atoms with E-state index >= 15 is 0 Å². The Bertz CT molecular complexity index is 1400. The van der Waals surface area contributed by atoms with Gasteiger partial charge in [-0.05, 0) is 43.7 Å². The van der Waals surface area contributed by atoms with Gasteiger partial charge in [0.15, 0.2) is 6.61 Å². The number of carbonyl (C=O) groups excluding carboxylic acids is 2. The van der Waals surface area contributed by atoms with E-state index < -0.39 is 52.9 Å². The van der Waals surface area contributed by atoms with Gasteiger partial charge in [-0.15, -0.1) is 0 Å². The molecule has 1 N–H and O–H groups in total. The first-order valence-electron chi connectivity index (χ1n) is 11.7. The number of anilines is 1. The number of nitrogens with zero attached hydrogens (tertiary/aromatic N) is 3. The molecule has 2 aromatic carbocycles. The van der Waals surface area contributed by atoms with E-state index in [1.54, 1.807) is 12.1 Å². The zero-order valence-corrected chi connectivity index (χ0v) is 20.8. The Balaban J connectivity index is 1.44. The number of halogens is 3. The quantitative estimate of drug-likeness (QED) is 0.234. The standard InChI is InChI=1S/C26H23F3N4O6/c1-15-5-7-17(8-6-15)20-13-22(23-4-3-11-38-23)32(31-20)24(34)14-39-25(35)16(2)30-19-10-9-18(26(27,28)29)12-21(19)33(36)37/h3-12,16,22,30H,13-14H2,1-2H3/t16-,22-/m1/s1. The van der Waals surface area contributed by atoms with Crippen LogP contribution in [0.5, 0.6) is 0 Å². The average molecular weight is 544 g/mol. The van der Waals surface area contributed by atoms with E-state index in [-0.39, 0.29) is 5.69 Å². The van der Waals surface area contributed by atoms with E-state index in [0.29, 0.717) is 30.0 Å². The molecule has 0 radical (unpaired) electrons. The van der Waals surface area contributed by atoms with Gasteiger partial charge in [0.2, 0.25) is 0 Å². The number of rotatable bonds is 8. The summed E-state index contributed by atoms with van der Waals surface area (Å²) in [5, 5.41) is 19.4. The van der Waals surface area contributed by atoms with Gasteiger partial charge in [0.05, 0.1) is 22.5 Å². The summed E-state index contributed by atoms with van der Waals surface area (Å²) in [5.74, 6) is -1.10. The predicted octanol–water partition coefficient (Wildman–Crippen LogP) is 5.24. The van der Waals surface area contributed by atoms with Crippen molar-refractivity contribution in [1.82, 2.24) is 5.01 Å². The molecule has 0 saturated heterocycles. The number of nitro benzene ring substituents is 1. The van der Waals surface area contributed by atoms with E-state index in [2.05, 4.69) is 10.4 Å². The molecule has 0 saturated carbocycles. The molecule has 3 aromatic rings. The Morgan fingerprint density at radius 1 is 1.23 bits per heavy atom. The van der Waals surface area contributed by atoms with Gasteiger partial charge < -0.3 is 14.5 Å². The van der Waals surface area contributed by atoms with Crippen molar-refractivity contribution in [3.63, 3.8) is 0 Å². The number of benzene rings is 2. The molecular weight excluding hydrogens is 521 g/mol. The van der Waals surface area contributed by atoms with Crippen LogP contribution in [0.2, 0.25) is 0 Å². The van der Waals surface area contributed by atoms with Crippen LogP contribution in [0.15, 0.2) is 70.4 Å². The molecule has 0 unspecified atom stereocenters. The minimum absolute atomic E-state index is 0.312. The minimum atomic E-state index is -4.78. The zero-order chi connectivity index (χ0) is 28.3. The van der Waals surface area contributed by atoms with E-state index in [4.69, 9.17) is 9.15 Å². The molecule has 204 valence electrons. The van der Waals surface area contributed by atoms with Crippen molar-refractivity contribution >= 4 is 29.0 Å². The molecule has 1 aliphatic heterocycles. The number of esters is 1. The molecule has 39 heavy (non-hydrogen) atoms. The fourth-order valence-electron chi connectivity index (χ4n) is 3.96. The van der Waals surface area contributed by atoms with Crippen LogP contribution in [0.3, 0.4) is 0 Å². The fraction of sp³-hybridized carbons (Fsp3) is 0.269. The smallest absolute Gasteiger partial charge is 0.416 e. The monoisotopic (exact) mass is 544 g/mol. The van der Waals surface area contributed by atoms with E-state index in [1.165, 1.54) is 18.2 Å². The first-order valence-corrected chi connectivity index (χ1v) is 11.7. The summed E-state index contributed by atoms with van der Waals surface area (Å²) in [5.41, 5.74) is 0.138. The number of alkyl halides is 3. The average Bonchev–Trinajstić information content (AvgIpc) is 3.57. The minimum Gasteiger partial charge on any atom is -0.467 e. The maximum Gasteiger partial charge on any atom is 0.416 e. The van der Waals surface area contributed by atoms with Crippen molar-refractivity contribution in [3.8, 4) is 0 Å². The van der Waals surface area contributed by atoms with E-state index in [9.17, 15) is 32.9 Å². The van der Waals surface area contributed by atoms with Crippen LogP contribution in [-0.2, 0) is 20.5 Å². The molecule has 1 aliphatic rings. The van der Waals surface area contributed by atoms with Crippen molar-refractivity contribution in [2.45, 2.75) is 38.5 Å². The van der Waals surface area contributed by atoms with Crippen LogP contribution in [0.1, 0.15) is 41.8 Å². The van der Waals surface area contributed by atoms with Crippen LogP contribution in [0, 0.1) is 17.0 Å². The summed E-state index contributed by atoms with van der Waals surface area (Å²) >= 11 is 0. The molecular formula is C26H23F3N4O6. The molecule has 13 heteroatoms. The van der Waals surface area contributed by atoms with Gasteiger partial charge in [-0.1, -0.05) is 29.8 Å². The van der Waals surface area contributed by atoms with Crippen molar-refractivity contribution < 1.29 is 36.8 Å². The normalized spacial score (nSPS) is 16.0. The summed E-state index contributed by atoms with van der Waals surface area (Å²) in [6.45, 7) is 2.55. The van der Waals surface area contributed by atoms with Gasteiger partial charge in [0.25, 0.3) is 11.6 Å². The number of ether oxygens (including phenoxy) is 1. The van der Waals surface area contributed by atoms with Crippen molar-refractivity contribution in [2.75, 3.05) is 11.9 Å². The maximum atomic E-state index is 13.0. The highest BCUT2D eigenvalue weighted by Crippen LogP contribution is 2.36. The summed E-state index contributed by atoms with van der Waals surface area (Å²) in [6, 6.07) is 11.1. The zero-order valence-electron chi connectivity index (χ0n) is 20.8. The summed E-state index contributed by atoms with van der Waals surface area (Å²) in [4.78, 5) is 35.9. The van der Waals surface area contributed by atoms with Crippen LogP contribution in [0.4, 0.5) is 24.5 Å². The lowest BCUT2D eigenvalue weighted by Gasteiger charge is -2.20. The van der Waals surface area contributed by atoms with Gasteiger partial charge in [0.1, 0.15) is 23.5 Å². The van der Waals surface area contributed by atoms with Gasteiger partial charge in [0, 0.05) is 12.5 Å². The number of furan rings is 1. The van der Waals surface area contributed by atoms with Gasteiger partial charge in [-0.2, -0.15) is 18.3 Å². The molecule has 1 aromatic heterocycles. The fourth-order valence-corrected chi connectivity index (χ4v) is 3.96. The Morgan fingerprint density at radius 3 is 2.56 bits per heavy atom. The second kappa shape index (κ2) is 11.0. The maximum absolute atomic E-state index is 13.0. The lowest BCUT2D eigenvalue weighted by molar-refractivity contribution is -0.384. The lowest BCUT2D eigenvalue weighted by Crippen LogP contribution is -2.34. The summed E-state index contributed by atoms with van der Waals surface area (Å²) < 4.78 is 49.4. The number of amides is 1. The molecule has 2 atom stereocenters. The second-order valence-corrected chi connectivity index (χ2v) is 8.85. The third-order valence-electron chi connectivity index (χ3n) is 6.01. The predicted molar refractivity (Wildman–Crippen MR) is 133 cm³/mol. The van der Waals surface area contributed by atoms with Gasteiger partial charge >= 0.3 is 12.1 Å². The number of hydrogen-bond donors (Lipinski definition) is 1. The highest BCUT2D eigenvalue weighted by atomic mass is 19.4. The van der Waals surface area contributed by atoms with E-state index in [1.807, 2.05) is 31.2 Å². The van der Waals surface area contributed by atoms with Crippen molar-refractivity contribution in [3.05, 3.63) is 93.4 Å². The van der Waals surface area contributed by atoms with Crippen LogP contribution >= 0.6 is 0 Å². The third-order valence-corrected chi connectivity index (χ3v) is 6.01.